The molecule has 2 aliphatic heterocycles. The maximum absolute atomic E-state index is 13.6. The number of amides is 2. The molecule has 2 N–H and O–H groups in total. The highest BCUT2D eigenvalue weighted by Gasteiger charge is 2.29. The first kappa shape index (κ1) is 26.5. The molecule has 0 saturated carbocycles. The van der Waals surface area contributed by atoms with Gasteiger partial charge in [0.25, 0.3) is 11.8 Å². The first-order valence-corrected chi connectivity index (χ1v) is 14.5. The number of halogens is 1. The number of fused-ring (bicyclic) bond motifs is 1. The van der Waals surface area contributed by atoms with Crippen molar-refractivity contribution in [3.8, 4) is 0 Å². The third-order valence-corrected chi connectivity index (χ3v) is 8.42. The molecule has 5 nitrogen and oxygen atoms in total. The molecule has 2 heterocycles. The molecule has 0 bridgehead atoms. The fraction of sp³-hybridized carbons (Fsp3) is 0.290. The van der Waals surface area contributed by atoms with Crippen LogP contribution in [0.3, 0.4) is 0 Å². The molecule has 38 heavy (non-hydrogen) atoms. The second-order valence-electron chi connectivity index (χ2n) is 9.89. The molecule has 2 amide bonds. The molecule has 3 aromatic carbocycles. The Kier molecular flexibility index (Phi) is 8.84. The molecule has 2 aliphatic rings. The predicted octanol–water partition coefficient (Wildman–Crippen LogP) is 5.21. The van der Waals surface area contributed by atoms with Gasteiger partial charge in [-0.25, -0.2) is 0 Å². The number of nitrogens with one attached hydrogen (secondary N) is 2. The lowest BCUT2D eigenvalue weighted by Gasteiger charge is -2.30. The Balaban J connectivity index is 1.26. The first-order valence-electron chi connectivity index (χ1n) is 13.3. The molecule has 0 radical (unpaired) electrons. The zero-order chi connectivity index (χ0) is 26.3. The van der Waals surface area contributed by atoms with Crippen LogP contribution in [0, 0.1) is 0 Å². The van der Waals surface area contributed by atoms with Gasteiger partial charge in [0, 0.05) is 15.5 Å². The van der Waals surface area contributed by atoms with Crippen molar-refractivity contribution >= 4 is 46.9 Å². The van der Waals surface area contributed by atoms with Crippen molar-refractivity contribution in [1.29, 1.82) is 0 Å². The van der Waals surface area contributed by atoms with E-state index in [0.717, 1.165) is 28.3 Å². The lowest BCUT2D eigenvalue weighted by molar-refractivity contribution is -0.898. The van der Waals surface area contributed by atoms with E-state index >= 15 is 0 Å². The summed E-state index contributed by atoms with van der Waals surface area (Å²) in [5.74, 6) is -0.102. The van der Waals surface area contributed by atoms with Crippen molar-refractivity contribution in [2.24, 2.45) is 0 Å². The molecule has 7 heteroatoms. The molecule has 0 spiro atoms. The number of para-hydroxylation sites is 1. The summed E-state index contributed by atoms with van der Waals surface area (Å²) >= 11 is 7.67. The average Bonchev–Trinajstić information content (AvgIpc) is 3.20. The largest absolute Gasteiger partial charge is 0.346 e. The molecule has 0 atom stereocenters. The normalized spacial score (nSPS) is 17.2. The third-order valence-electron chi connectivity index (χ3n) is 7.11. The summed E-state index contributed by atoms with van der Waals surface area (Å²) in [5, 5.41) is 3.72. The van der Waals surface area contributed by atoms with Gasteiger partial charge in [0.2, 0.25) is 0 Å². The number of quaternary nitrogens is 1. The van der Waals surface area contributed by atoms with Gasteiger partial charge >= 0.3 is 0 Å². The van der Waals surface area contributed by atoms with Gasteiger partial charge in [-0.2, -0.15) is 0 Å². The molecule has 1 saturated heterocycles. The Morgan fingerprint density at radius 3 is 2.50 bits per heavy atom. The summed E-state index contributed by atoms with van der Waals surface area (Å²) in [6.45, 7) is 4.51. The number of hydrogen-bond acceptors (Lipinski definition) is 3. The van der Waals surface area contributed by atoms with Crippen molar-refractivity contribution < 1.29 is 14.5 Å². The van der Waals surface area contributed by atoms with Crippen LogP contribution in [0.25, 0.3) is 6.08 Å². The molecular weight excluding hydrogens is 514 g/mol. The van der Waals surface area contributed by atoms with Crippen LogP contribution in [0.1, 0.15) is 47.2 Å². The van der Waals surface area contributed by atoms with Gasteiger partial charge in [-0.3, -0.25) is 9.59 Å². The monoisotopic (exact) mass is 546 g/mol. The lowest BCUT2D eigenvalue weighted by atomic mass is 10.1. The summed E-state index contributed by atoms with van der Waals surface area (Å²) in [7, 11) is 0. The number of benzene rings is 3. The van der Waals surface area contributed by atoms with E-state index in [2.05, 4.69) is 5.32 Å². The number of carbonyl (C=O) groups excluding carboxylic acids is 2. The van der Waals surface area contributed by atoms with Gasteiger partial charge in [0.1, 0.15) is 0 Å². The molecule has 196 valence electrons. The quantitative estimate of drug-likeness (QED) is 0.400. The second-order valence-corrected chi connectivity index (χ2v) is 11.4. The number of rotatable bonds is 7. The number of thioether (sulfide) groups is 1. The Hall–Kier alpha value is -3.06. The highest BCUT2D eigenvalue weighted by atomic mass is 35.5. The fourth-order valence-corrected chi connectivity index (χ4v) is 6.32. The van der Waals surface area contributed by atoms with Crippen LogP contribution in [0.2, 0.25) is 5.02 Å². The maximum atomic E-state index is 13.6. The van der Waals surface area contributed by atoms with E-state index in [1.54, 1.807) is 9.80 Å². The van der Waals surface area contributed by atoms with E-state index in [1.807, 2.05) is 78.9 Å². The van der Waals surface area contributed by atoms with E-state index in [-0.39, 0.29) is 11.8 Å². The Bertz CT molecular complexity index is 1320. The first-order chi connectivity index (χ1) is 18.6. The van der Waals surface area contributed by atoms with Crippen LogP contribution in [0.5, 0.6) is 0 Å². The standard InChI is InChI=1S/C31H32ClN3O2S/c32-26-9-7-8-24(20-26)22-35-27-10-3-4-11-28(27)38-29(31(35)37)21-23-12-14-25(15-13-23)30(36)33-16-19-34-17-5-1-2-6-18-34/h3-4,7-15,20-21H,1-2,5-6,16-19,22H2,(H,33,36)/p+1. The number of likely N-dealkylation sites (tertiary alicyclic amines) is 1. The molecule has 3 aromatic rings. The maximum Gasteiger partial charge on any atom is 0.265 e. The van der Waals surface area contributed by atoms with Crippen LogP contribution in [-0.2, 0) is 11.3 Å². The smallest absolute Gasteiger partial charge is 0.265 e. The van der Waals surface area contributed by atoms with Crippen molar-refractivity contribution in [1.82, 2.24) is 5.32 Å². The number of anilines is 1. The average molecular weight is 547 g/mol. The van der Waals surface area contributed by atoms with E-state index in [4.69, 9.17) is 11.6 Å². The van der Waals surface area contributed by atoms with Crippen LogP contribution in [-0.4, -0.2) is 38.0 Å². The van der Waals surface area contributed by atoms with Gasteiger partial charge in [-0.15, -0.1) is 0 Å². The number of carbonyl (C=O) groups is 2. The fourth-order valence-electron chi connectivity index (χ4n) is 5.05. The number of nitrogens with zero attached hydrogens (tertiary/aromatic N) is 1. The van der Waals surface area contributed by atoms with E-state index in [0.29, 0.717) is 28.6 Å². The van der Waals surface area contributed by atoms with Crippen LogP contribution < -0.4 is 15.1 Å². The highest BCUT2D eigenvalue weighted by molar-refractivity contribution is 8.04. The Labute approximate surface area is 233 Å². The molecule has 5 rings (SSSR count). The van der Waals surface area contributed by atoms with Crippen molar-refractivity contribution in [3.05, 3.63) is 99.4 Å². The summed E-state index contributed by atoms with van der Waals surface area (Å²) in [6, 6.07) is 23.0. The SMILES string of the molecule is O=C(NCC[NH+]1CCCCCC1)c1ccc(C=C2Sc3ccccc3N(Cc3cccc(Cl)c3)C2=O)cc1. The van der Waals surface area contributed by atoms with Crippen LogP contribution in [0.15, 0.2) is 82.6 Å². The predicted molar refractivity (Wildman–Crippen MR) is 156 cm³/mol. The molecule has 0 aromatic heterocycles. The van der Waals surface area contributed by atoms with E-state index in [1.165, 1.54) is 50.5 Å². The van der Waals surface area contributed by atoms with Crippen molar-refractivity contribution in [3.63, 3.8) is 0 Å². The zero-order valence-corrected chi connectivity index (χ0v) is 23.0. The Morgan fingerprint density at radius 2 is 1.74 bits per heavy atom. The third kappa shape index (κ3) is 6.68. The minimum absolute atomic E-state index is 0.0495. The van der Waals surface area contributed by atoms with Gasteiger partial charge < -0.3 is 15.1 Å². The van der Waals surface area contributed by atoms with Gasteiger partial charge in [-0.1, -0.05) is 59.8 Å². The van der Waals surface area contributed by atoms with Crippen molar-refractivity contribution in [2.45, 2.75) is 37.1 Å². The Morgan fingerprint density at radius 1 is 0.974 bits per heavy atom. The van der Waals surface area contributed by atoms with Gasteiger partial charge in [0.05, 0.1) is 43.3 Å². The molecule has 1 fully saturated rings. The van der Waals surface area contributed by atoms with Gasteiger partial charge in [-0.05, 0) is 79.3 Å². The summed E-state index contributed by atoms with van der Waals surface area (Å²) in [5.41, 5.74) is 3.38. The summed E-state index contributed by atoms with van der Waals surface area (Å²) < 4.78 is 0. The van der Waals surface area contributed by atoms with Gasteiger partial charge in [0.15, 0.2) is 0 Å². The van der Waals surface area contributed by atoms with Crippen LogP contribution in [0.4, 0.5) is 5.69 Å². The lowest BCUT2D eigenvalue weighted by Crippen LogP contribution is -3.12. The summed E-state index contributed by atoms with van der Waals surface area (Å²) in [4.78, 5) is 31.3. The minimum atomic E-state index is -0.0526. The molecule has 0 aliphatic carbocycles. The topological polar surface area (TPSA) is 53.9 Å². The second kappa shape index (κ2) is 12.7. The molecular formula is C31H33ClN3O2S+. The highest BCUT2D eigenvalue weighted by Crippen LogP contribution is 2.42. The van der Waals surface area contributed by atoms with E-state index in [9.17, 15) is 9.59 Å². The van der Waals surface area contributed by atoms with E-state index < -0.39 is 0 Å². The number of hydrogen-bond donors (Lipinski definition) is 2. The van der Waals surface area contributed by atoms with Crippen molar-refractivity contribution in [2.75, 3.05) is 31.1 Å². The minimum Gasteiger partial charge on any atom is -0.346 e. The van der Waals surface area contributed by atoms with Crippen LogP contribution >= 0.6 is 23.4 Å². The molecule has 0 unspecified atom stereocenters. The summed E-state index contributed by atoms with van der Waals surface area (Å²) in [6.07, 6.45) is 7.12. The zero-order valence-electron chi connectivity index (χ0n) is 21.4.